The minimum absolute atomic E-state index is 0.199. The average Bonchev–Trinajstić information content (AvgIpc) is 3.02. The normalized spacial score (nSPS) is 20.9. The van der Waals surface area contributed by atoms with Crippen molar-refractivity contribution in [3.8, 4) is 0 Å². The SMILES string of the molecule is C[C@H]1C[C@@H](c2nc(Br)c(C=O)n2COCC[Si](C)(C)C)N(C(=O)O)C1. The standard InChI is InChI=1S/C16H26BrN3O4Si/c1-11-7-12(19(8-11)16(22)23)15-18-14(17)13(9-21)20(15)10-24-5-6-25(2,3)4/h9,11-12H,5-8,10H2,1-4H3,(H,22,23)/t11-,12-/m0/s1. The average molecular weight is 432 g/mol. The highest BCUT2D eigenvalue weighted by Gasteiger charge is 2.38. The van der Waals surface area contributed by atoms with Crippen molar-refractivity contribution in [3.63, 3.8) is 0 Å². The highest BCUT2D eigenvalue weighted by molar-refractivity contribution is 9.10. The number of aldehydes is 1. The number of nitrogens with zero attached hydrogens (tertiary/aromatic N) is 3. The molecule has 1 saturated heterocycles. The van der Waals surface area contributed by atoms with E-state index in [-0.39, 0.29) is 18.7 Å². The van der Waals surface area contributed by atoms with Gasteiger partial charge < -0.3 is 9.84 Å². The number of ether oxygens (including phenoxy) is 1. The fraction of sp³-hybridized carbons (Fsp3) is 0.688. The van der Waals surface area contributed by atoms with E-state index in [1.165, 1.54) is 4.90 Å². The second kappa shape index (κ2) is 8.01. The number of imidazole rings is 1. The lowest BCUT2D eigenvalue weighted by Crippen LogP contribution is -2.31. The molecule has 1 aliphatic rings. The van der Waals surface area contributed by atoms with E-state index in [4.69, 9.17) is 4.74 Å². The van der Waals surface area contributed by atoms with Crippen molar-refractivity contribution in [2.45, 2.75) is 51.8 Å². The van der Waals surface area contributed by atoms with E-state index in [1.807, 2.05) is 6.92 Å². The quantitative estimate of drug-likeness (QED) is 0.402. The van der Waals surface area contributed by atoms with Gasteiger partial charge in [-0.25, -0.2) is 9.78 Å². The summed E-state index contributed by atoms with van der Waals surface area (Å²) in [6.07, 6.45) is 0.446. The molecular formula is C16H26BrN3O4Si. The molecule has 1 fully saturated rings. The topological polar surface area (TPSA) is 84.7 Å². The van der Waals surface area contributed by atoms with E-state index < -0.39 is 14.2 Å². The molecule has 0 saturated carbocycles. The maximum Gasteiger partial charge on any atom is 0.407 e. The van der Waals surface area contributed by atoms with Crippen LogP contribution in [-0.2, 0) is 11.5 Å². The Morgan fingerprint density at radius 2 is 2.16 bits per heavy atom. The first-order chi connectivity index (χ1) is 11.6. The maximum atomic E-state index is 11.6. The molecule has 9 heteroatoms. The number of hydrogen-bond donors (Lipinski definition) is 1. The second-order valence-corrected chi connectivity index (χ2v) is 14.2. The van der Waals surface area contributed by atoms with Crippen molar-refractivity contribution < 1.29 is 19.4 Å². The third kappa shape index (κ3) is 4.92. The highest BCUT2D eigenvalue weighted by atomic mass is 79.9. The third-order valence-electron chi connectivity index (χ3n) is 4.37. The van der Waals surface area contributed by atoms with Crippen LogP contribution < -0.4 is 0 Å². The van der Waals surface area contributed by atoms with Crippen molar-refractivity contribution in [1.29, 1.82) is 0 Å². The molecule has 1 aromatic rings. The zero-order valence-corrected chi connectivity index (χ0v) is 17.7. The van der Waals surface area contributed by atoms with E-state index in [2.05, 4.69) is 40.6 Å². The van der Waals surface area contributed by atoms with Crippen LogP contribution in [0.1, 0.15) is 35.7 Å². The summed E-state index contributed by atoms with van der Waals surface area (Å²) in [5.41, 5.74) is 0.382. The van der Waals surface area contributed by atoms with Gasteiger partial charge in [0.25, 0.3) is 0 Å². The minimum Gasteiger partial charge on any atom is -0.465 e. The lowest BCUT2D eigenvalue weighted by Gasteiger charge is -2.22. The Hall–Kier alpha value is -1.19. The number of carbonyl (C=O) groups is 2. The van der Waals surface area contributed by atoms with Gasteiger partial charge in [-0.1, -0.05) is 26.6 Å². The van der Waals surface area contributed by atoms with Gasteiger partial charge in [0, 0.05) is 21.2 Å². The Kier molecular flexibility index (Phi) is 6.44. The van der Waals surface area contributed by atoms with E-state index >= 15 is 0 Å². The van der Waals surface area contributed by atoms with Crippen LogP contribution in [0.25, 0.3) is 0 Å². The van der Waals surface area contributed by atoms with Crippen LogP contribution in [0.2, 0.25) is 25.7 Å². The summed E-state index contributed by atoms with van der Waals surface area (Å²) in [6.45, 7) is 10.1. The highest BCUT2D eigenvalue weighted by Crippen LogP contribution is 2.36. The first-order valence-corrected chi connectivity index (χ1v) is 12.9. The first kappa shape index (κ1) is 20.1. The number of rotatable bonds is 7. The predicted octanol–water partition coefficient (Wildman–Crippen LogP) is 3.83. The van der Waals surface area contributed by atoms with Crippen LogP contribution in [0.4, 0.5) is 4.79 Å². The minimum atomic E-state index is -1.20. The molecule has 7 nitrogen and oxygen atoms in total. The Bertz CT molecular complexity index is 644. The van der Waals surface area contributed by atoms with Gasteiger partial charge in [0.1, 0.15) is 22.9 Å². The van der Waals surface area contributed by atoms with E-state index in [9.17, 15) is 14.7 Å². The monoisotopic (exact) mass is 431 g/mol. The van der Waals surface area contributed by atoms with Gasteiger partial charge in [-0.2, -0.15) is 0 Å². The number of likely N-dealkylation sites (tertiary alicyclic amines) is 1. The van der Waals surface area contributed by atoms with E-state index in [0.29, 0.717) is 35.7 Å². The molecule has 1 aliphatic heterocycles. The van der Waals surface area contributed by atoms with E-state index in [0.717, 1.165) is 12.3 Å². The van der Waals surface area contributed by atoms with Crippen LogP contribution in [0.5, 0.6) is 0 Å². The fourth-order valence-corrected chi connectivity index (χ4v) is 4.24. The Morgan fingerprint density at radius 3 is 2.72 bits per heavy atom. The van der Waals surface area contributed by atoms with Crippen molar-refractivity contribution >= 4 is 36.4 Å². The van der Waals surface area contributed by atoms with Crippen LogP contribution >= 0.6 is 15.9 Å². The van der Waals surface area contributed by atoms with Gasteiger partial charge in [0.15, 0.2) is 6.29 Å². The summed E-state index contributed by atoms with van der Waals surface area (Å²) < 4.78 is 7.91. The summed E-state index contributed by atoms with van der Waals surface area (Å²) in [7, 11) is -1.20. The molecule has 1 N–H and O–H groups in total. The Labute approximate surface area is 157 Å². The summed E-state index contributed by atoms with van der Waals surface area (Å²) in [5, 5.41) is 9.47. The molecule has 2 rings (SSSR count). The van der Waals surface area contributed by atoms with Crippen molar-refractivity contribution in [3.05, 3.63) is 16.1 Å². The molecule has 0 unspecified atom stereocenters. The number of halogens is 1. The summed E-state index contributed by atoms with van der Waals surface area (Å²) in [6, 6.07) is 0.661. The molecule has 0 radical (unpaired) electrons. The lowest BCUT2D eigenvalue weighted by molar-refractivity contribution is 0.0775. The molecule has 0 aliphatic carbocycles. The first-order valence-electron chi connectivity index (χ1n) is 8.42. The predicted molar refractivity (Wildman–Crippen MR) is 101 cm³/mol. The summed E-state index contributed by atoms with van der Waals surface area (Å²) >= 11 is 3.31. The van der Waals surface area contributed by atoms with Gasteiger partial charge in [0.2, 0.25) is 0 Å². The molecule has 2 atom stereocenters. The molecule has 1 amide bonds. The molecular weight excluding hydrogens is 406 g/mol. The number of carbonyl (C=O) groups excluding carboxylic acids is 1. The molecule has 25 heavy (non-hydrogen) atoms. The van der Waals surface area contributed by atoms with Gasteiger partial charge in [-0.3, -0.25) is 14.3 Å². The van der Waals surface area contributed by atoms with Crippen LogP contribution in [0.15, 0.2) is 4.60 Å². The fourth-order valence-electron chi connectivity index (χ4n) is 2.99. The number of aromatic nitrogens is 2. The zero-order valence-electron chi connectivity index (χ0n) is 15.2. The van der Waals surface area contributed by atoms with Gasteiger partial charge >= 0.3 is 6.09 Å². The van der Waals surface area contributed by atoms with Crippen molar-refractivity contribution in [2.75, 3.05) is 13.2 Å². The molecule has 2 heterocycles. The van der Waals surface area contributed by atoms with Crippen LogP contribution in [0.3, 0.4) is 0 Å². The molecule has 140 valence electrons. The maximum absolute atomic E-state index is 11.6. The molecule has 0 aromatic carbocycles. The number of amides is 1. The van der Waals surface area contributed by atoms with Gasteiger partial charge in [-0.05, 0) is 34.3 Å². The van der Waals surface area contributed by atoms with Crippen molar-refractivity contribution in [1.82, 2.24) is 14.5 Å². The second-order valence-electron chi connectivity index (χ2n) is 7.83. The smallest absolute Gasteiger partial charge is 0.407 e. The molecule has 0 spiro atoms. The van der Waals surface area contributed by atoms with Crippen molar-refractivity contribution in [2.24, 2.45) is 5.92 Å². The lowest BCUT2D eigenvalue weighted by atomic mass is 10.1. The van der Waals surface area contributed by atoms with E-state index in [1.54, 1.807) is 4.57 Å². The summed E-state index contributed by atoms with van der Waals surface area (Å²) in [4.78, 5) is 28.9. The third-order valence-corrected chi connectivity index (χ3v) is 6.66. The Balaban J connectivity index is 2.23. The zero-order chi connectivity index (χ0) is 18.8. The van der Waals surface area contributed by atoms with Crippen LogP contribution in [-0.4, -0.2) is 53.2 Å². The molecule has 1 aromatic heterocycles. The van der Waals surface area contributed by atoms with Crippen LogP contribution in [0, 0.1) is 5.92 Å². The molecule has 0 bridgehead atoms. The largest absolute Gasteiger partial charge is 0.465 e. The summed E-state index contributed by atoms with van der Waals surface area (Å²) in [5.74, 6) is 0.811. The van der Waals surface area contributed by atoms with Gasteiger partial charge in [0.05, 0.1) is 6.04 Å². The number of hydrogen-bond acceptors (Lipinski definition) is 4. The van der Waals surface area contributed by atoms with Gasteiger partial charge in [-0.15, -0.1) is 0 Å². The number of carboxylic acid groups (broad SMARTS) is 1. The Morgan fingerprint density at radius 1 is 1.48 bits per heavy atom.